The van der Waals surface area contributed by atoms with Gasteiger partial charge in [-0.2, -0.15) is 0 Å². The van der Waals surface area contributed by atoms with E-state index in [-0.39, 0.29) is 11.8 Å². The highest BCUT2D eigenvalue weighted by atomic mass is 35.5. The largest absolute Gasteiger partial charge is 0.481 e. The van der Waals surface area contributed by atoms with Gasteiger partial charge in [-0.3, -0.25) is 4.79 Å². The Morgan fingerprint density at radius 1 is 1.45 bits per heavy atom. The first-order chi connectivity index (χ1) is 9.52. The molecule has 0 fully saturated rings. The minimum atomic E-state index is -0.902. The average Bonchev–Trinajstić information content (AvgIpc) is 3.04. The molecule has 0 saturated carbocycles. The van der Waals surface area contributed by atoms with E-state index in [0.717, 1.165) is 0 Å². The number of aromatic nitrogens is 4. The van der Waals surface area contributed by atoms with Crippen LogP contribution >= 0.6 is 11.6 Å². The maximum Gasteiger partial charge on any atom is 0.311 e. The van der Waals surface area contributed by atoms with Crippen LogP contribution in [0.25, 0.3) is 11.6 Å². The van der Waals surface area contributed by atoms with Crippen molar-refractivity contribution in [1.82, 2.24) is 20.2 Å². The highest BCUT2D eigenvalue weighted by molar-refractivity contribution is 6.28. The van der Waals surface area contributed by atoms with Crippen LogP contribution in [0.1, 0.15) is 26.7 Å². The van der Waals surface area contributed by atoms with Crippen LogP contribution in [0.15, 0.2) is 16.5 Å². The molecule has 108 valence electrons. The molecule has 0 unspecified atom stereocenters. The molecular formula is C12H15ClN4O3. The summed E-state index contributed by atoms with van der Waals surface area (Å²) in [6.07, 6.45) is 0.966. The van der Waals surface area contributed by atoms with Crippen molar-refractivity contribution in [2.45, 2.75) is 33.2 Å². The molecule has 8 heteroatoms. The second-order valence-corrected chi connectivity index (χ2v) is 4.93. The molecule has 1 N–H and O–H groups in total. The van der Waals surface area contributed by atoms with E-state index in [1.54, 1.807) is 12.1 Å². The third kappa shape index (κ3) is 2.53. The van der Waals surface area contributed by atoms with Gasteiger partial charge < -0.3 is 9.52 Å². The van der Waals surface area contributed by atoms with Gasteiger partial charge in [0.15, 0.2) is 11.0 Å². The summed E-state index contributed by atoms with van der Waals surface area (Å²) in [5.74, 6) is -0.0858. The van der Waals surface area contributed by atoms with Gasteiger partial charge in [0.1, 0.15) is 0 Å². The minimum Gasteiger partial charge on any atom is -0.481 e. The summed E-state index contributed by atoms with van der Waals surface area (Å²) in [4.78, 5) is 11.5. The van der Waals surface area contributed by atoms with Crippen LogP contribution in [0.4, 0.5) is 0 Å². The Hall–Kier alpha value is -1.89. The Kier molecular flexibility index (Phi) is 4.08. The Morgan fingerprint density at radius 2 is 2.15 bits per heavy atom. The number of carboxylic acid groups (broad SMARTS) is 1. The van der Waals surface area contributed by atoms with E-state index in [1.165, 1.54) is 4.68 Å². The molecule has 2 aromatic heterocycles. The van der Waals surface area contributed by atoms with Gasteiger partial charge in [-0.1, -0.05) is 13.8 Å². The lowest BCUT2D eigenvalue weighted by atomic mass is 9.82. The fourth-order valence-corrected chi connectivity index (χ4v) is 2.20. The summed E-state index contributed by atoms with van der Waals surface area (Å²) in [6.45, 7) is 3.85. The van der Waals surface area contributed by atoms with Crippen LogP contribution in [-0.2, 0) is 11.3 Å². The maximum absolute atomic E-state index is 11.5. The zero-order valence-corrected chi connectivity index (χ0v) is 12.0. The van der Waals surface area contributed by atoms with E-state index in [0.29, 0.717) is 24.4 Å². The predicted molar refractivity (Wildman–Crippen MR) is 71.2 cm³/mol. The van der Waals surface area contributed by atoms with Crippen molar-refractivity contribution >= 4 is 17.6 Å². The minimum absolute atomic E-state index is 0.177. The first-order valence-corrected chi connectivity index (χ1v) is 6.65. The number of tetrazole rings is 1. The van der Waals surface area contributed by atoms with E-state index >= 15 is 0 Å². The predicted octanol–water partition coefficient (Wildman–Crippen LogP) is 2.48. The van der Waals surface area contributed by atoms with Gasteiger partial charge in [0.2, 0.25) is 5.82 Å². The monoisotopic (exact) mass is 298 g/mol. The van der Waals surface area contributed by atoms with Crippen molar-refractivity contribution < 1.29 is 14.3 Å². The van der Waals surface area contributed by atoms with Crippen molar-refractivity contribution in [2.75, 3.05) is 0 Å². The lowest BCUT2D eigenvalue weighted by Crippen LogP contribution is -2.35. The summed E-state index contributed by atoms with van der Waals surface area (Å²) in [6, 6.07) is 3.23. The molecule has 0 aliphatic rings. The molecule has 0 aliphatic heterocycles. The molecule has 7 nitrogen and oxygen atoms in total. The van der Waals surface area contributed by atoms with Crippen LogP contribution in [0.2, 0.25) is 5.22 Å². The standard InChI is InChI=1S/C12H15ClN4O3/c1-3-12(4-2,11(18)19)7-17-10(14-15-16-17)8-5-6-9(13)20-8/h5-6H,3-4,7H2,1-2H3,(H,18,19). The fourth-order valence-electron chi connectivity index (χ4n) is 2.05. The van der Waals surface area contributed by atoms with Crippen molar-refractivity contribution in [3.63, 3.8) is 0 Å². The van der Waals surface area contributed by atoms with E-state index in [1.807, 2.05) is 13.8 Å². The lowest BCUT2D eigenvalue weighted by Gasteiger charge is -2.26. The van der Waals surface area contributed by atoms with Gasteiger partial charge in [0.25, 0.3) is 0 Å². The van der Waals surface area contributed by atoms with Gasteiger partial charge in [-0.05, 0) is 47.0 Å². The topological polar surface area (TPSA) is 94.0 Å². The van der Waals surface area contributed by atoms with Crippen molar-refractivity contribution in [3.8, 4) is 11.6 Å². The van der Waals surface area contributed by atoms with Crippen LogP contribution in [0, 0.1) is 5.41 Å². The molecule has 2 rings (SSSR count). The van der Waals surface area contributed by atoms with E-state index in [9.17, 15) is 9.90 Å². The summed E-state index contributed by atoms with van der Waals surface area (Å²) in [5.41, 5.74) is -0.902. The normalized spacial score (nSPS) is 11.8. The van der Waals surface area contributed by atoms with E-state index in [2.05, 4.69) is 15.5 Å². The van der Waals surface area contributed by atoms with Gasteiger partial charge in [0, 0.05) is 0 Å². The van der Waals surface area contributed by atoms with Crippen LogP contribution < -0.4 is 0 Å². The van der Waals surface area contributed by atoms with Crippen LogP contribution in [0.5, 0.6) is 0 Å². The number of aliphatic carboxylic acids is 1. The third-order valence-corrected chi connectivity index (χ3v) is 3.79. The lowest BCUT2D eigenvalue weighted by molar-refractivity contribution is -0.150. The molecule has 0 atom stereocenters. The molecular weight excluding hydrogens is 284 g/mol. The molecule has 0 radical (unpaired) electrons. The SMILES string of the molecule is CCC(CC)(Cn1nnnc1-c1ccc(Cl)o1)C(=O)O. The van der Waals surface area contributed by atoms with Crippen molar-refractivity contribution in [3.05, 3.63) is 17.4 Å². The molecule has 2 heterocycles. The molecule has 0 saturated heterocycles. The zero-order valence-electron chi connectivity index (χ0n) is 11.2. The molecule has 0 aliphatic carbocycles. The Balaban J connectivity index is 2.35. The maximum atomic E-state index is 11.5. The van der Waals surface area contributed by atoms with E-state index < -0.39 is 11.4 Å². The second kappa shape index (κ2) is 5.62. The van der Waals surface area contributed by atoms with Gasteiger partial charge in [-0.15, -0.1) is 5.10 Å². The number of rotatable bonds is 6. The average molecular weight is 299 g/mol. The summed E-state index contributed by atoms with van der Waals surface area (Å²) in [7, 11) is 0. The van der Waals surface area contributed by atoms with E-state index in [4.69, 9.17) is 16.0 Å². The smallest absolute Gasteiger partial charge is 0.311 e. The highest BCUT2D eigenvalue weighted by Gasteiger charge is 2.36. The molecule has 0 spiro atoms. The Bertz CT molecular complexity index is 603. The van der Waals surface area contributed by atoms with Gasteiger partial charge in [-0.25, -0.2) is 4.68 Å². The first-order valence-electron chi connectivity index (χ1n) is 6.27. The molecule has 20 heavy (non-hydrogen) atoms. The molecule has 2 aromatic rings. The number of carbonyl (C=O) groups is 1. The fraction of sp³-hybridized carbons (Fsp3) is 0.500. The molecule has 0 aromatic carbocycles. The Morgan fingerprint density at radius 3 is 2.65 bits per heavy atom. The number of hydrogen-bond donors (Lipinski definition) is 1. The second-order valence-electron chi connectivity index (χ2n) is 4.56. The summed E-state index contributed by atoms with van der Waals surface area (Å²) < 4.78 is 6.71. The quantitative estimate of drug-likeness (QED) is 0.880. The van der Waals surface area contributed by atoms with Gasteiger partial charge >= 0.3 is 5.97 Å². The summed E-state index contributed by atoms with van der Waals surface area (Å²) in [5, 5.41) is 21.0. The third-order valence-electron chi connectivity index (χ3n) is 3.59. The zero-order chi connectivity index (χ0) is 14.8. The molecule has 0 amide bonds. The first kappa shape index (κ1) is 14.5. The number of furan rings is 1. The number of halogens is 1. The summed E-state index contributed by atoms with van der Waals surface area (Å²) >= 11 is 5.73. The number of nitrogens with zero attached hydrogens (tertiary/aromatic N) is 4. The number of carboxylic acids is 1. The van der Waals surface area contributed by atoms with Crippen molar-refractivity contribution in [2.24, 2.45) is 5.41 Å². The van der Waals surface area contributed by atoms with Crippen LogP contribution in [-0.4, -0.2) is 31.3 Å². The highest BCUT2D eigenvalue weighted by Crippen LogP contribution is 2.31. The Labute approximate surface area is 120 Å². The van der Waals surface area contributed by atoms with Gasteiger partial charge in [0.05, 0.1) is 12.0 Å². The van der Waals surface area contributed by atoms with Crippen molar-refractivity contribution in [1.29, 1.82) is 0 Å². The van der Waals surface area contributed by atoms with Crippen LogP contribution in [0.3, 0.4) is 0 Å². The molecule has 0 bridgehead atoms. The number of hydrogen-bond acceptors (Lipinski definition) is 5.